The molecule has 0 spiro atoms. The zero-order valence-electron chi connectivity index (χ0n) is 12.8. The Morgan fingerprint density at radius 1 is 1.24 bits per heavy atom. The van der Waals surface area contributed by atoms with Crippen LogP contribution in [0.2, 0.25) is 0 Å². The molecule has 120 valence electrons. The summed E-state index contributed by atoms with van der Waals surface area (Å²) in [6.07, 6.45) is 9.90. The highest BCUT2D eigenvalue weighted by molar-refractivity contribution is 7.88. The van der Waals surface area contributed by atoms with E-state index < -0.39 is 10.0 Å². The number of nitrogens with one attached hydrogen (secondary N) is 1. The normalized spacial score (nSPS) is 35.6. The predicted octanol–water partition coefficient (Wildman–Crippen LogP) is 1.35. The van der Waals surface area contributed by atoms with Crippen molar-refractivity contribution in [3.63, 3.8) is 0 Å². The van der Waals surface area contributed by atoms with E-state index in [2.05, 4.69) is 4.72 Å². The largest absolute Gasteiger partial charge is 0.339 e. The molecular formula is C15H26N2O3S. The Bertz CT molecular complexity index is 505. The number of carbonyl (C=O) groups is 1. The molecular weight excluding hydrogens is 288 g/mol. The lowest BCUT2D eigenvalue weighted by Gasteiger charge is -2.30. The number of hydrogen-bond acceptors (Lipinski definition) is 3. The summed E-state index contributed by atoms with van der Waals surface area (Å²) in [5, 5.41) is 0. The van der Waals surface area contributed by atoms with Gasteiger partial charge < -0.3 is 4.90 Å². The number of carbonyl (C=O) groups excluding carboxylic acids is 1. The first-order valence-corrected chi connectivity index (χ1v) is 10.1. The van der Waals surface area contributed by atoms with Crippen LogP contribution in [0.1, 0.15) is 44.9 Å². The van der Waals surface area contributed by atoms with Crippen molar-refractivity contribution in [2.24, 2.45) is 17.8 Å². The SMILES string of the molecule is CS(=O)(=O)NCC(=O)N1CCCC1CC1CC2CCC1C2. The summed E-state index contributed by atoms with van der Waals surface area (Å²) in [4.78, 5) is 14.2. The van der Waals surface area contributed by atoms with Gasteiger partial charge in [-0.1, -0.05) is 6.42 Å². The summed E-state index contributed by atoms with van der Waals surface area (Å²) in [5.41, 5.74) is 0. The Hall–Kier alpha value is -0.620. The van der Waals surface area contributed by atoms with Gasteiger partial charge in [-0.3, -0.25) is 4.79 Å². The van der Waals surface area contributed by atoms with E-state index in [1.807, 2.05) is 4.90 Å². The summed E-state index contributed by atoms with van der Waals surface area (Å²) >= 11 is 0. The number of rotatable bonds is 5. The lowest BCUT2D eigenvalue weighted by atomic mass is 9.83. The van der Waals surface area contributed by atoms with E-state index in [9.17, 15) is 13.2 Å². The molecule has 21 heavy (non-hydrogen) atoms. The minimum atomic E-state index is -3.29. The molecule has 4 atom stereocenters. The van der Waals surface area contributed by atoms with E-state index in [0.717, 1.165) is 49.8 Å². The van der Waals surface area contributed by atoms with Crippen LogP contribution in [-0.2, 0) is 14.8 Å². The Kier molecular flexibility index (Phi) is 4.28. The van der Waals surface area contributed by atoms with Crippen LogP contribution in [0.25, 0.3) is 0 Å². The van der Waals surface area contributed by atoms with Crippen LogP contribution in [0.3, 0.4) is 0 Å². The Morgan fingerprint density at radius 2 is 2.05 bits per heavy atom. The van der Waals surface area contributed by atoms with Crippen molar-refractivity contribution in [2.75, 3.05) is 19.3 Å². The fourth-order valence-electron chi connectivity index (χ4n) is 4.72. The quantitative estimate of drug-likeness (QED) is 0.833. The van der Waals surface area contributed by atoms with Gasteiger partial charge in [0.1, 0.15) is 0 Å². The molecule has 0 aromatic rings. The average Bonchev–Trinajstić information content (AvgIpc) is 3.11. The molecule has 1 N–H and O–H groups in total. The molecule has 3 rings (SSSR count). The highest BCUT2D eigenvalue weighted by Gasteiger charge is 2.41. The second kappa shape index (κ2) is 5.88. The first kappa shape index (κ1) is 15.3. The monoisotopic (exact) mass is 314 g/mol. The van der Waals surface area contributed by atoms with Crippen molar-refractivity contribution in [3.05, 3.63) is 0 Å². The highest BCUT2D eigenvalue weighted by Crippen LogP contribution is 2.50. The number of hydrogen-bond donors (Lipinski definition) is 1. The lowest BCUT2D eigenvalue weighted by Crippen LogP contribution is -2.43. The van der Waals surface area contributed by atoms with Crippen molar-refractivity contribution in [1.29, 1.82) is 0 Å². The smallest absolute Gasteiger partial charge is 0.237 e. The number of sulfonamides is 1. The van der Waals surface area contributed by atoms with Crippen LogP contribution in [0.4, 0.5) is 0 Å². The van der Waals surface area contributed by atoms with Gasteiger partial charge in [-0.2, -0.15) is 0 Å². The fourth-order valence-corrected chi connectivity index (χ4v) is 5.10. The van der Waals surface area contributed by atoms with E-state index in [-0.39, 0.29) is 12.5 Å². The first-order valence-electron chi connectivity index (χ1n) is 8.16. The maximum absolute atomic E-state index is 12.2. The third kappa shape index (κ3) is 3.59. The number of fused-ring (bicyclic) bond motifs is 2. The maximum Gasteiger partial charge on any atom is 0.237 e. The van der Waals surface area contributed by atoms with Crippen LogP contribution in [-0.4, -0.2) is 44.6 Å². The average molecular weight is 314 g/mol. The molecule has 5 nitrogen and oxygen atoms in total. The molecule has 2 saturated carbocycles. The molecule has 2 aliphatic carbocycles. The van der Waals surface area contributed by atoms with Gasteiger partial charge in [0, 0.05) is 12.6 Å². The Labute approximate surface area is 127 Å². The number of nitrogens with zero attached hydrogens (tertiary/aromatic N) is 1. The van der Waals surface area contributed by atoms with Gasteiger partial charge in [0.05, 0.1) is 12.8 Å². The first-order chi connectivity index (χ1) is 9.92. The van der Waals surface area contributed by atoms with Gasteiger partial charge in [-0.05, 0) is 56.3 Å². The van der Waals surface area contributed by atoms with Gasteiger partial charge in [-0.25, -0.2) is 13.1 Å². The number of amides is 1. The minimum absolute atomic E-state index is 0.0638. The summed E-state index contributed by atoms with van der Waals surface area (Å²) < 4.78 is 24.6. The highest BCUT2D eigenvalue weighted by atomic mass is 32.2. The van der Waals surface area contributed by atoms with Gasteiger partial charge in [0.25, 0.3) is 0 Å². The van der Waals surface area contributed by atoms with Crippen molar-refractivity contribution < 1.29 is 13.2 Å². The second-order valence-corrected chi connectivity index (χ2v) is 8.98. The lowest BCUT2D eigenvalue weighted by molar-refractivity contribution is -0.131. The zero-order valence-corrected chi connectivity index (χ0v) is 13.6. The predicted molar refractivity (Wildman–Crippen MR) is 81.1 cm³/mol. The van der Waals surface area contributed by atoms with E-state index in [1.165, 1.54) is 25.7 Å². The zero-order chi connectivity index (χ0) is 15.0. The van der Waals surface area contributed by atoms with Crippen LogP contribution in [0, 0.1) is 17.8 Å². The minimum Gasteiger partial charge on any atom is -0.339 e. The molecule has 3 aliphatic rings. The molecule has 4 unspecified atom stereocenters. The summed E-state index contributed by atoms with van der Waals surface area (Å²) in [6.45, 7) is 0.696. The topological polar surface area (TPSA) is 66.5 Å². The van der Waals surface area contributed by atoms with Gasteiger partial charge in [0.2, 0.25) is 15.9 Å². The van der Waals surface area contributed by atoms with E-state index in [1.54, 1.807) is 0 Å². The van der Waals surface area contributed by atoms with Gasteiger partial charge in [0.15, 0.2) is 0 Å². The molecule has 1 saturated heterocycles. The van der Waals surface area contributed by atoms with Gasteiger partial charge >= 0.3 is 0 Å². The summed E-state index contributed by atoms with van der Waals surface area (Å²) in [7, 11) is -3.29. The summed E-state index contributed by atoms with van der Waals surface area (Å²) in [5.74, 6) is 2.57. The summed E-state index contributed by atoms with van der Waals surface area (Å²) in [6, 6.07) is 0.336. The van der Waals surface area contributed by atoms with Crippen molar-refractivity contribution >= 4 is 15.9 Å². The molecule has 6 heteroatoms. The number of likely N-dealkylation sites (tertiary alicyclic amines) is 1. The molecule has 2 bridgehead atoms. The standard InChI is InChI=1S/C15H26N2O3S/c1-21(19,20)16-10-15(18)17-6-2-3-14(17)9-13-8-11-4-5-12(13)7-11/h11-14,16H,2-10H2,1H3. The van der Waals surface area contributed by atoms with Crippen LogP contribution in [0.5, 0.6) is 0 Å². The third-order valence-corrected chi connectivity index (χ3v) is 6.31. The Balaban J connectivity index is 1.54. The van der Waals surface area contributed by atoms with Crippen LogP contribution in [0.15, 0.2) is 0 Å². The fraction of sp³-hybridized carbons (Fsp3) is 0.933. The molecule has 0 aromatic carbocycles. The van der Waals surface area contributed by atoms with E-state index in [0.29, 0.717) is 6.04 Å². The van der Waals surface area contributed by atoms with E-state index in [4.69, 9.17) is 0 Å². The van der Waals surface area contributed by atoms with Crippen molar-refractivity contribution in [3.8, 4) is 0 Å². The van der Waals surface area contributed by atoms with Crippen LogP contribution >= 0.6 is 0 Å². The molecule has 1 amide bonds. The second-order valence-electron chi connectivity index (χ2n) is 7.15. The molecule has 3 fully saturated rings. The molecule has 1 aliphatic heterocycles. The third-order valence-electron chi connectivity index (χ3n) is 5.64. The van der Waals surface area contributed by atoms with Crippen molar-refractivity contribution in [2.45, 2.75) is 51.0 Å². The van der Waals surface area contributed by atoms with Gasteiger partial charge in [-0.15, -0.1) is 0 Å². The van der Waals surface area contributed by atoms with Crippen molar-refractivity contribution in [1.82, 2.24) is 9.62 Å². The Morgan fingerprint density at radius 3 is 2.67 bits per heavy atom. The molecule has 1 heterocycles. The molecule has 0 radical (unpaired) electrons. The van der Waals surface area contributed by atoms with E-state index >= 15 is 0 Å². The van der Waals surface area contributed by atoms with Crippen LogP contribution < -0.4 is 4.72 Å². The maximum atomic E-state index is 12.2. The molecule has 0 aromatic heterocycles.